The molecule has 9 atom stereocenters. The number of rotatable bonds is 21. The monoisotopic (exact) mass is 668 g/mol. The minimum absolute atomic E-state index is 0.0892. The van der Waals surface area contributed by atoms with Gasteiger partial charge in [0.05, 0.1) is 0 Å². The Kier molecular flexibility index (Phi) is 16.4. The molecule has 4 rings (SSSR count). The van der Waals surface area contributed by atoms with Crippen molar-refractivity contribution in [2.75, 3.05) is 6.54 Å². The summed E-state index contributed by atoms with van der Waals surface area (Å²) in [5.41, 5.74) is 0.867. The SMILES string of the molecule is CCCCCCCC/C=C\CCCCCCCCNC(=O)O[C@@H]1CC[C@@]2(C)C(CCC3C2CC[C@@]2(C)C3CC[C@@H]2[C@H](C)CCC(C)=O)C1. The first-order valence-electron chi connectivity index (χ1n) is 21.3. The highest BCUT2D eigenvalue weighted by molar-refractivity contribution is 5.75. The molecule has 4 saturated carbocycles. The van der Waals surface area contributed by atoms with Crippen LogP contribution >= 0.6 is 0 Å². The second kappa shape index (κ2) is 19.9. The summed E-state index contributed by atoms with van der Waals surface area (Å²) in [6, 6.07) is 0. The third kappa shape index (κ3) is 10.8. The van der Waals surface area contributed by atoms with Gasteiger partial charge in [-0.25, -0.2) is 4.79 Å². The molecule has 0 aliphatic heterocycles. The van der Waals surface area contributed by atoms with E-state index < -0.39 is 0 Å². The lowest BCUT2D eigenvalue weighted by Gasteiger charge is -2.61. The molecule has 0 aromatic heterocycles. The Morgan fingerprint density at radius 3 is 2.08 bits per heavy atom. The lowest BCUT2D eigenvalue weighted by atomic mass is 9.44. The second-order valence-electron chi connectivity index (χ2n) is 17.8. The van der Waals surface area contributed by atoms with E-state index in [2.05, 4.69) is 45.2 Å². The first-order valence-corrected chi connectivity index (χ1v) is 21.3. The molecule has 1 N–H and O–H groups in total. The van der Waals surface area contributed by atoms with Gasteiger partial charge < -0.3 is 14.8 Å². The van der Waals surface area contributed by atoms with Crippen LogP contribution in [0.15, 0.2) is 12.2 Å². The number of amides is 1. The van der Waals surface area contributed by atoms with Crippen LogP contribution in [0.2, 0.25) is 0 Å². The van der Waals surface area contributed by atoms with Gasteiger partial charge >= 0.3 is 6.09 Å². The maximum Gasteiger partial charge on any atom is 0.407 e. The molecule has 4 fully saturated rings. The van der Waals surface area contributed by atoms with Crippen molar-refractivity contribution in [3.8, 4) is 0 Å². The molecule has 48 heavy (non-hydrogen) atoms. The first-order chi connectivity index (χ1) is 23.2. The zero-order valence-electron chi connectivity index (χ0n) is 32.3. The van der Waals surface area contributed by atoms with Crippen molar-refractivity contribution >= 4 is 11.9 Å². The molecule has 0 aromatic carbocycles. The van der Waals surface area contributed by atoms with Crippen molar-refractivity contribution in [1.29, 1.82) is 0 Å². The molecule has 4 aliphatic carbocycles. The Balaban J connectivity index is 1.06. The fraction of sp³-hybridized carbons (Fsp3) is 0.909. The van der Waals surface area contributed by atoms with E-state index in [1.807, 2.05) is 0 Å². The standard InChI is InChI=1S/C44H77NO3/c1-6-7-8-9-10-11-12-13-14-15-16-17-18-19-20-21-32-45-42(47)48-37-28-30-43(4)36(33-37)24-25-38-40-27-26-39(34(2)22-23-35(3)46)44(40,5)31-29-41(38)43/h13-14,34,36-41H,6-12,15-33H2,1-5H3,(H,45,47)/b14-13-/t34-,36?,37-,38?,39-,40?,41?,43+,44-/m1/s1. The van der Waals surface area contributed by atoms with Crippen LogP contribution in [0.4, 0.5) is 4.79 Å². The molecular weight excluding hydrogens is 590 g/mol. The number of alkyl carbamates (subject to hydrolysis) is 1. The molecule has 0 heterocycles. The molecule has 1 amide bonds. The first kappa shape index (κ1) is 39.5. The quantitative estimate of drug-likeness (QED) is 0.0979. The normalized spacial score (nSPS) is 33.5. The molecule has 0 radical (unpaired) electrons. The van der Waals surface area contributed by atoms with E-state index in [1.54, 1.807) is 6.92 Å². The van der Waals surface area contributed by atoms with Gasteiger partial charge in [-0.1, -0.05) is 97.6 Å². The molecule has 0 spiro atoms. The summed E-state index contributed by atoms with van der Waals surface area (Å²) in [4.78, 5) is 24.4. The van der Waals surface area contributed by atoms with Crippen LogP contribution in [0.5, 0.6) is 0 Å². The van der Waals surface area contributed by atoms with Crippen LogP contribution in [-0.4, -0.2) is 24.5 Å². The Morgan fingerprint density at radius 2 is 1.40 bits per heavy atom. The van der Waals surface area contributed by atoms with E-state index in [-0.39, 0.29) is 12.2 Å². The van der Waals surface area contributed by atoms with E-state index in [0.29, 0.717) is 28.4 Å². The highest BCUT2D eigenvalue weighted by atomic mass is 16.6. The van der Waals surface area contributed by atoms with Gasteiger partial charge in [-0.05, 0) is 150 Å². The molecule has 0 bridgehead atoms. The van der Waals surface area contributed by atoms with E-state index >= 15 is 0 Å². The number of ether oxygens (including phenoxy) is 1. The molecular formula is C44H77NO3. The third-order valence-electron chi connectivity index (χ3n) is 14.6. The van der Waals surface area contributed by atoms with Gasteiger partial charge in [-0.3, -0.25) is 0 Å². The van der Waals surface area contributed by atoms with Gasteiger partial charge in [0.15, 0.2) is 0 Å². The van der Waals surface area contributed by atoms with Crippen molar-refractivity contribution in [2.24, 2.45) is 46.3 Å². The number of hydrogen-bond donors (Lipinski definition) is 1. The summed E-state index contributed by atoms with van der Waals surface area (Å²) in [5.74, 6) is 5.05. The van der Waals surface area contributed by atoms with Gasteiger partial charge in [0.25, 0.3) is 0 Å². The summed E-state index contributed by atoms with van der Waals surface area (Å²) in [7, 11) is 0. The van der Waals surface area contributed by atoms with E-state index in [4.69, 9.17) is 4.74 Å². The van der Waals surface area contributed by atoms with Crippen LogP contribution in [0.3, 0.4) is 0 Å². The summed E-state index contributed by atoms with van der Waals surface area (Å²) in [5, 5.41) is 3.07. The van der Waals surface area contributed by atoms with Crippen molar-refractivity contribution in [1.82, 2.24) is 5.32 Å². The average molecular weight is 668 g/mol. The summed E-state index contributed by atoms with van der Waals surface area (Å²) < 4.78 is 6.04. The number of carbonyl (C=O) groups is 2. The number of carbonyl (C=O) groups excluding carboxylic acids is 2. The Bertz CT molecular complexity index is 992. The molecule has 4 unspecified atom stereocenters. The largest absolute Gasteiger partial charge is 0.446 e. The Morgan fingerprint density at radius 1 is 0.771 bits per heavy atom. The maximum atomic E-state index is 12.7. The highest BCUT2D eigenvalue weighted by Crippen LogP contribution is 2.68. The zero-order chi connectivity index (χ0) is 34.4. The topological polar surface area (TPSA) is 55.4 Å². The zero-order valence-corrected chi connectivity index (χ0v) is 32.3. The van der Waals surface area contributed by atoms with Gasteiger partial charge in [0, 0.05) is 13.0 Å². The van der Waals surface area contributed by atoms with E-state index in [1.165, 1.54) is 128 Å². The second-order valence-corrected chi connectivity index (χ2v) is 17.8. The van der Waals surface area contributed by atoms with Crippen LogP contribution in [0, 0.1) is 46.3 Å². The third-order valence-corrected chi connectivity index (χ3v) is 14.6. The predicted octanol–water partition coefficient (Wildman–Crippen LogP) is 12.8. The fourth-order valence-electron chi connectivity index (χ4n) is 11.7. The van der Waals surface area contributed by atoms with Gasteiger partial charge in [0.2, 0.25) is 0 Å². The summed E-state index contributed by atoms with van der Waals surface area (Å²) >= 11 is 0. The van der Waals surface area contributed by atoms with E-state index in [9.17, 15) is 9.59 Å². The molecule has 0 aromatic rings. The van der Waals surface area contributed by atoms with Crippen molar-refractivity contribution in [2.45, 2.75) is 201 Å². The van der Waals surface area contributed by atoms with Crippen LogP contribution in [-0.2, 0) is 9.53 Å². The highest BCUT2D eigenvalue weighted by Gasteiger charge is 2.60. The number of fused-ring (bicyclic) bond motifs is 5. The molecule has 4 heteroatoms. The molecule has 4 aliphatic rings. The van der Waals surface area contributed by atoms with Gasteiger partial charge in [0.1, 0.15) is 11.9 Å². The number of Topliss-reactive ketones (excluding diaryl/α,β-unsaturated/α-hetero) is 1. The Labute approximate surface area is 297 Å². The minimum atomic E-state index is -0.186. The van der Waals surface area contributed by atoms with Crippen molar-refractivity contribution < 1.29 is 14.3 Å². The van der Waals surface area contributed by atoms with Crippen molar-refractivity contribution in [3.63, 3.8) is 0 Å². The molecule has 4 nitrogen and oxygen atoms in total. The van der Waals surface area contributed by atoms with Gasteiger partial charge in [-0.15, -0.1) is 0 Å². The van der Waals surface area contributed by atoms with Crippen LogP contribution in [0.25, 0.3) is 0 Å². The maximum absolute atomic E-state index is 12.7. The molecule has 0 saturated heterocycles. The minimum Gasteiger partial charge on any atom is -0.446 e. The lowest BCUT2D eigenvalue weighted by molar-refractivity contribution is -0.130. The summed E-state index contributed by atoms with van der Waals surface area (Å²) in [6.45, 7) is 12.5. The molecule has 276 valence electrons. The lowest BCUT2D eigenvalue weighted by Crippen LogP contribution is -2.54. The van der Waals surface area contributed by atoms with E-state index in [0.717, 1.165) is 62.3 Å². The number of ketones is 1. The fourth-order valence-corrected chi connectivity index (χ4v) is 11.7. The Hall–Kier alpha value is -1.32. The number of nitrogens with one attached hydrogen (secondary N) is 1. The van der Waals surface area contributed by atoms with Crippen LogP contribution in [0.1, 0.15) is 195 Å². The van der Waals surface area contributed by atoms with Crippen LogP contribution < -0.4 is 5.32 Å². The smallest absolute Gasteiger partial charge is 0.407 e. The summed E-state index contributed by atoms with van der Waals surface area (Å²) in [6.07, 6.45) is 36.3. The van der Waals surface area contributed by atoms with Gasteiger partial charge in [-0.2, -0.15) is 0 Å². The number of unbranched alkanes of at least 4 members (excludes halogenated alkanes) is 12. The van der Waals surface area contributed by atoms with Crippen molar-refractivity contribution in [3.05, 3.63) is 12.2 Å². The predicted molar refractivity (Wildman–Crippen MR) is 202 cm³/mol. The number of allylic oxidation sites excluding steroid dienone is 2. The number of hydrogen-bond acceptors (Lipinski definition) is 3. The average Bonchev–Trinajstić information content (AvgIpc) is 3.42.